The zero-order valence-electron chi connectivity index (χ0n) is 7.57. The van der Waals surface area contributed by atoms with E-state index in [1.54, 1.807) is 0 Å². The molecule has 0 spiro atoms. The Labute approximate surface area is 64.2 Å². The van der Waals surface area contributed by atoms with Gasteiger partial charge in [-0.2, -0.15) is 0 Å². The molecule has 60 valence electrons. The fourth-order valence-corrected chi connectivity index (χ4v) is 2.30. The summed E-state index contributed by atoms with van der Waals surface area (Å²) < 4.78 is 0. The molecule has 10 heavy (non-hydrogen) atoms. The lowest BCUT2D eigenvalue weighted by atomic mass is 10.0. The minimum atomic E-state index is 0.615. The van der Waals surface area contributed by atoms with Crippen molar-refractivity contribution >= 4 is 0 Å². The molecule has 0 radical (unpaired) electrons. The highest BCUT2D eigenvalue weighted by Gasteiger charge is 2.56. The number of rotatable bonds is 3. The molecule has 1 nitrogen and oxygen atoms in total. The lowest BCUT2D eigenvalue weighted by Gasteiger charge is -2.07. The van der Waals surface area contributed by atoms with Crippen LogP contribution in [0.15, 0.2) is 0 Å². The van der Waals surface area contributed by atoms with E-state index >= 15 is 0 Å². The van der Waals surface area contributed by atoms with Gasteiger partial charge >= 0.3 is 0 Å². The van der Waals surface area contributed by atoms with Gasteiger partial charge in [0.2, 0.25) is 0 Å². The van der Waals surface area contributed by atoms with Gasteiger partial charge in [0.1, 0.15) is 0 Å². The molecular formula is C9H19N. The molecule has 0 aliphatic heterocycles. The molecule has 0 bridgehead atoms. The van der Waals surface area contributed by atoms with Crippen LogP contribution >= 0.6 is 0 Å². The Kier molecular flexibility index (Phi) is 2.04. The Bertz CT molecular complexity index is 122. The fraction of sp³-hybridized carbons (Fsp3) is 1.00. The van der Waals surface area contributed by atoms with Crippen molar-refractivity contribution in [3.05, 3.63) is 0 Å². The minimum Gasteiger partial charge on any atom is -0.316 e. The van der Waals surface area contributed by atoms with Gasteiger partial charge in [0.05, 0.1) is 0 Å². The summed E-state index contributed by atoms with van der Waals surface area (Å²) in [6.07, 6.45) is 2.69. The Hall–Kier alpha value is -0.0400. The molecule has 1 aliphatic rings. The highest BCUT2D eigenvalue weighted by atomic mass is 15.0. The van der Waals surface area contributed by atoms with Gasteiger partial charge in [-0.3, -0.25) is 0 Å². The van der Waals surface area contributed by atoms with Crippen molar-refractivity contribution in [2.75, 3.05) is 7.05 Å². The van der Waals surface area contributed by atoms with E-state index in [9.17, 15) is 0 Å². The summed E-state index contributed by atoms with van der Waals surface area (Å²) in [6, 6.07) is 0.785. The van der Waals surface area contributed by atoms with Gasteiger partial charge in [-0.1, -0.05) is 27.2 Å². The first-order valence-electron chi connectivity index (χ1n) is 4.34. The van der Waals surface area contributed by atoms with E-state index in [1.165, 1.54) is 12.8 Å². The zero-order chi connectivity index (χ0) is 7.78. The Morgan fingerprint density at radius 3 is 2.40 bits per heavy atom. The standard InChI is InChI=1S/C9H19N/c1-5-6-9(3)7(2)8(9)10-4/h7-8,10H,5-6H2,1-4H3. The van der Waals surface area contributed by atoms with E-state index in [0.29, 0.717) is 5.41 Å². The van der Waals surface area contributed by atoms with Gasteiger partial charge in [0.15, 0.2) is 0 Å². The molecule has 1 rings (SSSR count). The lowest BCUT2D eigenvalue weighted by molar-refractivity contribution is 0.447. The highest BCUT2D eigenvalue weighted by Crippen LogP contribution is 2.54. The van der Waals surface area contributed by atoms with E-state index in [0.717, 1.165) is 12.0 Å². The van der Waals surface area contributed by atoms with Crippen molar-refractivity contribution in [3.63, 3.8) is 0 Å². The van der Waals surface area contributed by atoms with E-state index in [1.807, 2.05) is 0 Å². The average molecular weight is 141 g/mol. The number of hydrogen-bond acceptors (Lipinski definition) is 1. The molecule has 3 atom stereocenters. The van der Waals surface area contributed by atoms with Crippen molar-refractivity contribution in [3.8, 4) is 0 Å². The highest BCUT2D eigenvalue weighted by molar-refractivity contribution is 5.10. The molecule has 0 aromatic carbocycles. The molecule has 0 aromatic rings. The summed E-state index contributed by atoms with van der Waals surface area (Å²) in [5.74, 6) is 0.887. The maximum Gasteiger partial charge on any atom is 0.0152 e. The van der Waals surface area contributed by atoms with Crippen LogP contribution in [0, 0.1) is 11.3 Å². The maximum absolute atomic E-state index is 3.36. The topological polar surface area (TPSA) is 12.0 Å². The van der Waals surface area contributed by atoms with E-state index in [2.05, 4.69) is 33.1 Å². The number of nitrogens with one attached hydrogen (secondary N) is 1. The lowest BCUT2D eigenvalue weighted by Crippen LogP contribution is -2.16. The predicted octanol–water partition coefficient (Wildman–Crippen LogP) is 2.03. The van der Waals surface area contributed by atoms with Crippen LogP contribution in [0.25, 0.3) is 0 Å². The molecular weight excluding hydrogens is 122 g/mol. The van der Waals surface area contributed by atoms with Gasteiger partial charge in [-0.25, -0.2) is 0 Å². The van der Waals surface area contributed by atoms with Crippen molar-refractivity contribution in [1.82, 2.24) is 5.32 Å². The minimum absolute atomic E-state index is 0.615. The van der Waals surface area contributed by atoms with E-state index in [-0.39, 0.29) is 0 Å². The Balaban J connectivity index is 2.42. The van der Waals surface area contributed by atoms with Crippen LogP contribution in [-0.4, -0.2) is 13.1 Å². The van der Waals surface area contributed by atoms with Crippen LogP contribution in [0.2, 0.25) is 0 Å². The predicted molar refractivity (Wildman–Crippen MR) is 45.0 cm³/mol. The maximum atomic E-state index is 3.36. The van der Waals surface area contributed by atoms with E-state index < -0.39 is 0 Å². The number of hydrogen-bond donors (Lipinski definition) is 1. The molecule has 1 saturated carbocycles. The monoisotopic (exact) mass is 141 g/mol. The summed E-state index contributed by atoms with van der Waals surface area (Å²) in [4.78, 5) is 0. The largest absolute Gasteiger partial charge is 0.316 e. The van der Waals surface area contributed by atoms with Crippen LogP contribution in [-0.2, 0) is 0 Å². The van der Waals surface area contributed by atoms with Gasteiger partial charge < -0.3 is 5.32 Å². The molecule has 1 N–H and O–H groups in total. The second kappa shape index (κ2) is 2.54. The molecule has 0 amide bonds. The third-order valence-corrected chi connectivity index (χ3v) is 3.24. The van der Waals surface area contributed by atoms with Crippen molar-refractivity contribution in [2.24, 2.45) is 11.3 Å². The molecule has 0 aromatic heterocycles. The van der Waals surface area contributed by atoms with Crippen LogP contribution in [0.4, 0.5) is 0 Å². The second-order valence-electron chi connectivity index (χ2n) is 3.81. The SMILES string of the molecule is CCCC1(C)C(C)C1NC. The van der Waals surface area contributed by atoms with E-state index in [4.69, 9.17) is 0 Å². The van der Waals surface area contributed by atoms with Crippen LogP contribution in [0.5, 0.6) is 0 Å². The quantitative estimate of drug-likeness (QED) is 0.634. The zero-order valence-corrected chi connectivity index (χ0v) is 7.57. The third kappa shape index (κ3) is 0.968. The summed E-state index contributed by atoms with van der Waals surface area (Å²) >= 11 is 0. The first-order valence-corrected chi connectivity index (χ1v) is 4.34. The van der Waals surface area contributed by atoms with Gasteiger partial charge in [-0.15, -0.1) is 0 Å². The normalized spacial score (nSPS) is 45.6. The first-order chi connectivity index (χ1) is 4.66. The Morgan fingerprint density at radius 1 is 1.50 bits per heavy atom. The molecule has 0 saturated heterocycles. The van der Waals surface area contributed by atoms with Crippen LogP contribution < -0.4 is 5.32 Å². The van der Waals surface area contributed by atoms with Crippen molar-refractivity contribution in [2.45, 2.75) is 39.7 Å². The summed E-state index contributed by atoms with van der Waals surface area (Å²) in [7, 11) is 2.07. The van der Waals surface area contributed by atoms with Gasteiger partial charge in [0, 0.05) is 6.04 Å². The second-order valence-corrected chi connectivity index (χ2v) is 3.81. The molecule has 3 unspecified atom stereocenters. The Morgan fingerprint density at radius 2 is 2.10 bits per heavy atom. The molecule has 1 fully saturated rings. The van der Waals surface area contributed by atoms with Crippen molar-refractivity contribution in [1.29, 1.82) is 0 Å². The van der Waals surface area contributed by atoms with Crippen molar-refractivity contribution < 1.29 is 0 Å². The van der Waals surface area contributed by atoms with Gasteiger partial charge in [0.25, 0.3) is 0 Å². The first kappa shape index (κ1) is 8.06. The molecule has 1 aliphatic carbocycles. The summed E-state index contributed by atoms with van der Waals surface area (Å²) in [5, 5.41) is 3.36. The summed E-state index contributed by atoms with van der Waals surface area (Å²) in [5.41, 5.74) is 0.615. The molecule has 1 heteroatoms. The third-order valence-electron chi connectivity index (χ3n) is 3.24. The van der Waals surface area contributed by atoms with Crippen LogP contribution in [0.3, 0.4) is 0 Å². The van der Waals surface area contributed by atoms with Crippen LogP contribution in [0.1, 0.15) is 33.6 Å². The average Bonchev–Trinajstić information content (AvgIpc) is 2.37. The fourth-order valence-electron chi connectivity index (χ4n) is 2.30. The summed E-state index contributed by atoms with van der Waals surface area (Å²) in [6.45, 7) is 7.00. The van der Waals surface area contributed by atoms with Gasteiger partial charge in [-0.05, 0) is 24.8 Å². The molecule has 0 heterocycles. The smallest absolute Gasteiger partial charge is 0.0152 e.